The zero-order chi connectivity index (χ0) is 16.1. The fourth-order valence-corrected chi connectivity index (χ4v) is 2.70. The van der Waals surface area contributed by atoms with Crippen LogP contribution in [0.1, 0.15) is 30.1 Å². The second-order valence-corrected chi connectivity index (χ2v) is 5.37. The van der Waals surface area contributed by atoms with Gasteiger partial charge in [0.05, 0.1) is 10.5 Å². The van der Waals surface area contributed by atoms with Gasteiger partial charge in [-0.15, -0.1) is 0 Å². The molecule has 0 unspecified atom stereocenters. The summed E-state index contributed by atoms with van der Waals surface area (Å²) in [6.45, 7) is 6.56. The molecule has 1 aromatic rings. The smallest absolute Gasteiger partial charge is 0.288 e. The molecule has 0 bridgehead atoms. The van der Waals surface area contributed by atoms with Gasteiger partial charge in [0.1, 0.15) is 12.0 Å². The van der Waals surface area contributed by atoms with Gasteiger partial charge < -0.3 is 15.5 Å². The van der Waals surface area contributed by atoms with E-state index in [0.29, 0.717) is 5.82 Å². The number of pyridine rings is 1. The molecule has 1 aromatic heterocycles. The molecule has 1 fully saturated rings. The van der Waals surface area contributed by atoms with Crippen LogP contribution in [0.15, 0.2) is 12.3 Å². The van der Waals surface area contributed by atoms with E-state index < -0.39 is 10.8 Å². The highest BCUT2D eigenvalue weighted by Gasteiger charge is 2.22. The first kappa shape index (κ1) is 16.2. The Morgan fingerprint density at radius 3 is 2.82 bits per heavy atom. The highest BCUT2D eigenvalue weighted by molar-refractivity contribution is 5.98. The van der Waals surface area contributed by atoms with E-state index >= 15 is 0 Å². The van der Waals surface area contributed by atoms with Crippen molar-refractivity contribution < 1.29 is 9.72 Å². The second-order valence-electron chi connectivity index (χ2n) is 5.37. The van der Waals surface area contributed by atoms with Crippen LogP contribution in [0.5, 0.6) is 0 Å². The molecule has 1 saturated heterocycles. The molecule has 0 aliphatic carbocycles. The van der Waals surface area contributed by atoms with Crippen molar-refractivity contribution in [3.8, 4) is 0 Å². The van der Waals surface area contributed by atoms with Crippen LogP contribution in [0.4, 0.5) is 11.5 Å². The minimum atomic E-state index is -0.694. The highest BCUT2D eigenvalue weighted by atomic mass is 16.6. The standard InChI is InChI=1S/C14H21N5O3/c1-2-4-17-5-3-6-18(8-7-17)14-12(13(15)20)9-11(10-16-14)19(21)22/h9-10H,2-8H2,1H3,(H2,15,20). The summed E-state index contributed by atoms with van der Waals surface area (Å²) in [6, 6.07) is 1.21. The maximum Gasteiger partial charge on any atom is 0.288 e. The molecule has 1 aliphatic heterocycles. The van der Waals surface area contributed by atoms with Crippen molar-refractivity contribution in [1.82, 2.24) is 9.88 Å². The molecule has 0 spiro atoms. The third-order valence-electron chi connectivity index (χ3n) is 3.76. The molecule has 2 heterocycles. The average Bonchev–Trinajstić information content (AvgIpc) is 2.72. The van der Waals surface area contributed by atoms with E-state index in [9.17, 15) is 14.9 Å². The van der Waals surface area contributed by atoms with E-state index in [1.807, 2.05) is 4.90 Å². The predicted molar refractivity (Wildman–Crippen MR) is 83.0 cm³/mol. The average molecular weight is 307 g/mol. The molecule has 0 radical (unpaired) electrons. The van der Waals surface area contributed by atoms with Crippen LogP contribution < -0.4 is 10.6 Å². The van der Waals surface area contributed by atoms with Crippen molar-refractivity contribution in [2.45, 2.75) is 19.8 Å². The molecule has 22 heavy (non-hydrogen) atoms. The molecule has 2 rings (SSSR count). The Kier molecular flexibility index (Phi) is 5.26. The zero-order valence-corrected chi connectivity index (χ0v) is 12.7. The third-order valence-corrected chi connectivity index (χ3v) is 3.76. The van der Waals surface area contributed by atoms with Gasteiger partial charge >= 0.3 is 0 Å². The van der Waals surface area contributed by atoms with Crippen molar-refractivity contribution in [3.63, 3.8) is 0 Å². The van der Waals surface area contributed by atoms with E-state index in [4.69, 9.17) is 5.73 Å². The van der Waals surface area contributed by atoms with Gasteiger partial charge in [0.2, 0.25) is 0 Å². The zero-order valence-electron chi connectivity index (χ0n) is 12.7. The molecule has 1 amide bonds. The summed E-state index contributed by atoms with van der Waals surface area (Å²) in [5.74, 6) is -0.252. The SMILES string of the molecule is CCCN1CCCN(c2ncc([N+](=O)[O-])cc2C(N)=O)CC1. The van der Waals surface area contributed by atoms with Gasteiger partial charge in [-0.05, 0) is 25.9 Å². The summed E-state index contributed by atoms with van der Waals surface area (Å²) in [6.07, 6.45) is 3.23. The van der Waals surface area contributed by atoms with Gasteiger partial charge in [0.25, 0.3) is 11.6 Å². The van der Waals surface area contributed by atoms with E-state index in [1.165, 1.54) is 12.3 Å². The van der Waals surface area contributed by atoms with E-state index in [0.717, 1.165) is 45.6 Å². The lowest BCUT2D eigenvalue weighted by molar-refractivity contribution is -0.385. The summed E-state index contributed by atoms with van der Waals surface area (Å²) in [5.41, 5.74) is 5.25. The van der Waals surface area contributed by atoms with Crippen molar-refractivity contribution in [1.29, 1.82) is 0 Å². The Morgan fingerprint density at radius 1 is 1.41 bits per heavy atom. The molecule has 1 aliphatic rings. The maximum atomic E-state index is 11.6. The molecular formula is C14H21N5O3. The third kappa shape index (κ3) is 3.70. The minimum Gasteiger partial charge on any atom is -0.365 e. The van der Waals surface area contributed by atoms with E-state index in [2.05, 4.69) is 16.8 Å². The summed E-state index contributed by atoms with van der Waals surface area (Å²) in [4.78, 5) is 30.3. The summed E-state index contributed by atoms with van der Waals surface area (Å²) in [5, 5.41) is 10.8. The number of amides is 1. The Hall–Kier alpha value is -2.22. The summed E-state index contributed by atoms with van der Waals surface area (Å²) in [7, 11) is 0. The largest absolute Gasteiger partial charge is 0.365 e. The summed E-state index contributed by atoms with van der Waals surface area (Å²) >= 11 is 0. The predicted octanol–water partition coefficient (Wildman–Crippen LogP) is 1.01. The number of carbonyl (C=O) groups is 1. The molecule has 0 atom stereocenters. The van der Waals surface area contributed by atoms with Crippen molar-refractivity contribution in [2.24, 2.45) is 5.73 Å². The van der Waals surface area contributed by atoms with Crippen LogP contribution in [0.3, 0.4) is 0 Å². The lowest BCUT2D eigenvalue weighted by Crippen LogP contribution is -2.33. The van der Waals surface area contributed by atoms with Gasteiger partial charge in [0, 0.05) is 25.7 Å². The Labute approximate surface area is 129 Å². The monoisotopic (exact) mass is 307 g/mol. The number of nitrogens with zero attached hydrogens (tertiary/aromatic N) is 4. The van der Waals surface area contributed by atoms with Crippen molar-refractivity contribution in [2.75, 3.05) is 37.6 Å². The molecule has 8 nitrogen and oxygen atoms in total. The molecule has 0 aromatic carbocycles. The number of anilines is 1. The first-order valence-corrected chi connectivity index (χ1v) is 7.44. The topological polar surface area (TPSA) is 106 Å². The molecule has 0 saturated carbocycles. The van der Waals surface area contributed by atoms with Crippen molar-refractivity contribution in [3.05, 3.63) is 27.9 Å². The van der Waals surface area contributed by atoms with Crippen LogP contribution in [0.25, 0.3) is 0 Å². The van der Waals surface area contributed by atoms with Crippen molar-refractivity contribution >= 4 is 17.4 Å². The number of carbonyl (C=O) groups excluding carboxylic acids is 1. The quantitative estimate of drug-likeness (QED) is 0.643. The van der Waals surface area contributed by atoms with Gasteiger partial charge in [-0.25, -0.2) is 4.98 Å². The summed E-state index contributed by atoms with van der Waals surface area (Å²) < 4.78 is 0. The normalized spacial score (nSPS) is 16.3. The van der Waals surface area contributed by atoms with Crippen LogP contribution in [0.2, 0.25) is 0 Å². The number of hydrogen-bond acceptors (Lipinski definition) is 6. The van der Waals surface area contributed by atoms with Gasteiger partial charge in [-0.1, -0.05) is 6.92 Å². The fraction of sp³-hybridized carbons (Fsp3) is 0.571. The molecule has 2 N–H and O–H groups in total. The van der Waals surface area contributed by atoms with Gasteiger partial charge in [0.15, 0.2) is 0 Å². The number of primary amides is 1. The number of hydrogen-bond donors (Lipinski definition) is 1. The Morgan fingerprint density at radius 2 is 2.18 bits per heavy atom. The maximum absolute atomic E-state index is 11.6. The van der Waals surface area contributed by atoms with Crippen LogP contribution >= 0.6 is 0 Å². The second kappa shape index (κ2) is 7.17. The van der Waals surface area contributed by atoms with Gasteiger partial charge in [-0.2, -0.15) is 0 Å². The number of rotatable bonds is 5. The lowest BCUT2D eigenvalue weighted by Gasteiger charge is -2.23. The number of aromatic nitrogens is 1. The molecular weight excluding hydrogens is 286 g/mol. The van der Waals surface area contributed by atoms with Crippen LogP contribution in [-0.2, 0) is 0 Å². The minimum absolute atomic E-state index is 0.109. The fourth-order valence-electron chi connectivity index (χ4n) is 2.70. The van der Waals surface area contributed by atoms with Gasteiger partial charge in [-0.3, -0.25) is 14.9 Å². The molecule has 8 heteroatoms. The number of nitrogens with two attached hydrogens (primary N) is 1. The van der Waals surface area contributed by atoms with Crippen LogP contribution in [-0.4, -0.2) is 53.4 Å². The Balaban J connectivity index is 2.24. The van der Waals surface area contributed by atoms with E-state index in [1.54, 1.807) is 0 Å². The Bertz CT molecular complexity index is 563. The van der Waals surface area contributed by atoms with E-state index in [-0.39, 0.29) is 11.3 Å². The highest BCUT2D eigenvalue weighted by Crippen LogP contribution is 2.23. The molecule has 120 valence electrons. The first-order chi connectivity index (χ1) is 10.5. The number of nitro groups is 1. The van der Waals surface area contributed by atoms with Crippen LogP contribution in [0, 0.1) is 10.1 Å². The first-order valence-electron chi connectivity index (χ1n) is 7.44. The lowest BCUT2D eigenvalue weighted by atomic mass is 10.2.